The maximum Gasteiger partial charge on any atom is 0.280 e. The number of nitrogens with zero attached hydrogens (tertiary/aromatic N) is 1. The van der Waals surface area contributed by atoms with Crippen molar-refractivity contribution in [2.45, 2.75) is 13.0 Å². The normalized spacial score (nSPS) is 12.1. The standard InChI is InChI=1S/C16H14BrClN2O2/c1-11(22-15-7-3-6-14(18)9-15)16(21)20-19-10-12-4-2-5-13(17)8-12/h2-11H,1H3,(H,20,21)/b19-10-/t11-/m0/s1. The van der Waals surface area contributed by atoms with Crippen LogP contribution in [0.15, 0.2) is 58.1 Å². The number of carbonyl (C=O) groups is 1. The molecule has 1 atom stereocenters. The molecule has 0 aliphatic heterocycles. The Hall–Kier alpha value is -1.85. The van der Waals surface area contributed by atoms with Crippen molar-refractivity contribution in [3.8, 4) is 5.75 Å². The van der Waals surface area contributed by atoms with Gasteiger partial charge in [-0.05, 0) is 42.8 Å². The Morgan fingerprint density at radius 2 is 2.09 bits per heavy atom. The summed E-state index contributed by atoms with van der Waals surface area (Å²) < 4.78 is 6.45. The van der Waals surface area contributed by atoms with Crippen LogP contribution < -0.4 is 10.2 Å². The first-order valence-corrected chi connectivity index (χ1v) is 7.72. The second-order valence-corrected chi connectivity index (χ2v) is 5.86. The molecule has 0 fully saturated rings. The molecule has 114 valence electrons. The molecular formula is C16H14BrClN2O2. The highest BCUT2D eigenvalue weighted by atomic mass is 79.9. The molecule has 0 saturated carbocycles. The number of ether oxygens (including phenoxy) is 1. The first-order valence-electron chi connectivity index (χ1n) is 6.55. The first kappa shape index (κ1) is 16.5. The topological polar surface area (TPSA) is 50.7 Å². The summed E-state index contributed by atoms with van der Waals surface area (Å²) in [5.74, 6) is 0.192. The summed E-state index contributed by atoms with van der Waals surface area (Å²) in [4.78, 5) is 11.9. The lowest BCUT2D eigenvalue weighted by Gasteiger charge is -2.12. The number of hydrogen-bond acceptors (Lipinski definition) is 3. The lowest BCUT2D eigenvalue weighted by Crippen LogP contribution is -2.33. The van der Waals surface area contributed by atoms with Gasteiger partial charge in [0.25, 0.3) is 5.91 Å². The average Bonchev–Trinajstić information content (AvgIpc) is 2.47. The van der Waals surface area contributed by atoms with E-state index in [4.69, 9.17) is 16.3 Å². The second-order valence-electron chi connectivity index (χ2n) is 4.51. The molecule has 22 heavy (non-hydrogen) atoms. The van der Waals surface area contributed by atoms with Crippen LogP contribution in [0, 0.1) is 0 Å². The zero-order valence-electron chi connectivity index (χ0n) is 11.8. The number of amides is 1. The smallest absolute Gasteiger partial charge is 0.280 e. The number of nitrogens with one attached hydrogen (secondary N) is 1. The largest absolute Gasteiger partial charge is 0.481 e. The zero-order valence-corrected chi connectivity index (χ0v) is 14.1. The predicted octanol–water partition coefficient (Wildman–Crippen LogP) is 4.02. The third kappa shape index (κ3) is 5.16. The van der Waals surface area contributed by atoms with Crippen LogP contribution in [0.5, 0.6) is 5.75 Å². The molecule has 0 bridgehead atoms. The highest BCUT2D eigenvalue weighted by molar-refractivity contribution is 9.10. The molecule has 2 aromatic rings. The first-order chi connectivity index (χ1) is 10.5. The molecule has 0 heterocycles. The molecule has 6 heteroatoms. The van der Waals surface area contributed by atoms with Gasteiger partial charge in [0, 0.05) is 9.50 Å². The Kier molecular flexibility index (Phi) is 5.98. The van der Waals surface area contributed by atoms with Crippen LogP contribution in [0.2, 0.25) is 5.02 Å². The summed E-state index contributed by atoms with van der Waals surface area (Å²) >= 11 is 9.23. The Balaban J connectivity index is 1.89. The van der Waals surface area contributed by atoms with Crippen molar-refractivity contribution < 1.29 is 9.53 Å². The Labute approximate surface area is 142 Å². The van der Waals surface area contributed by atoms with Crippen LogP contribution >= 0.6 is 27.5 Å². The molecule has 2 aromatic carbocycles. The van der Waals surface area contributed by atoms with Crippen molar-refractivity contribution in [2.75, 3.05) is 0 Å². The molecule has 0 saturated heterocycles. The lowest BCUT2D eigenvalue weighted by molar-refractivity contribution is -0.127. The number of halogens is 2. The van der Waals surface area contributed by atoms with Gasteiger partial charge < -0.3 is 4.74 Å². The van der Waals surface area contributed by atoms with Crippen LogP contribution in [0.4, 0.5) is 0 Å². The second kappa shape index (κ2) is 7.96. The fourth-order valence-corrected chi connectivity index (χ4v) is 2.24. The molecule has 0 unspecified atom stereocenters. The van der Waals surface area contributed by atoms with Gasteiger partial charge in [0.1, 0.15) is 5.75 Å². The van der Waals surface area contributed by atoms with E-state index >= 15 is 0 Å². The van der Waals surface area contributed by atoms with Gasteiger partial charge in [0.15, 0.2) is 6.10 Å². The molecule has 0 aromatic heterocycles. The maximum absolute atomic E-state index is 11.9. The van der Waals surface area contributed by atoms with E-state index in [0.29, 0.717) is 10.8 Å². The van der Waals surface area contributed by atoms with Crippen LogP contribution in [0.25, 0.3) is 0 Å². The molecule has 0 aliphatic rings. The molecule has 1 N–H and O–H groups in total. The van der Waals surface area contributed by atoms with Gasteiger partial charge in [-0.25, -0.2) is 5.43 Å². The molecule has 0 aliphatic carbocycles. The number of hydrogen-bond donors (Lipinski definition) is 1. The molecule has 4 nitrogen and oxygen atoms in total. The van der Waals surface area contributed by atoms with Crippen LogP contribution in [-0.2, 0) is 4.79 Å². The minimum absolute atomic E-state index is 0.341. The van der Waals surface area contributed by atoms with Crippen molar-refractivity contribution >= 4 is 39.7 Å². The summed E-state index contributed by atoms with van der Waals surface area (Å²) in [6, 6.07) is 14.5. The molecule has 1 amide bonds. The molecule has 2 rings (SSSR count). The van der Waals surface area contributed by atoms with Crippen molar-refractivity contribution in [3.63, 3.8) is 0 Å². The van der Waals surface area contributed by atoms with E-state index in [-0.39, 0.29) is 5.91 Å². The number of carbonyl (C=O) groups excluding carboxylic acids is 1. The van der Waals surface area contributed by atoms with E-state index in [1.54, 1.807) is 37.4 Å². The highest BCUT2D eigenvalue weighted by Crippen LogP contribution is 2.18. The maximum atomic E-state index is 11.9. The fraction of sp³-hybridized carbons (Fsp3) is 0.125. The summed E-state index contributed by atoms with van der Waals surface area (Å²) in [5.41, 5.74) is 3.32. The number of benzene rings is 2. The minimum atomic E-state index is -0.682. The van der Waals surface area contributed by atoms with Crippen molar-refractivity contribution in [1.29, 1.82) is 0 Å². The van der Waals surface area contributed by atoms with Gasteiger partial charge in [0.2, 0.25) is 0 Å². The summed E-state index contributed by atoms with van der Waals surface area (Å²) in [6.45, 7) is 1.64. The van der Waals surface area contributed by atoms with E-state index in [1.807, 2.05) is 24.3 Å². The van der Waals surface area contributed by atoms with E-state index < -0.39 is 6.10 Å². The number of rotatable bonds is 5. The Morgan fingerprint density at radius 1 is 1.32 bits per heavy atom. The van der Waals surface area contributed by atoms with Crippen LogP contribution in [-0.4, -0.2) is 18.2 Å². The predicted molar refractivity (Wildman–Crippen MR) is 91.4 cm³/mol. The van der Waals surface area contributed by atoms with Gasteiger partial charge in [-0.2, -0.15) is 5.10 Å². The molecule has 0 radical (unpaired) electrons. The van der Waals surface area contributed by atoms with Crippen molar-refractivity contribution in [1.82, 2.24) is 5.43 Å². The van der Waals surface area contributed by atoms with Gasteiger partial charge in [-0.15, -0.1) is 0 Å². The lowest BCUT2D eigenvalue weighted by atomic mass is 10.2. The quantitative estimate of drug-likeness (QED) is 0.628. The Bertz CT molecular complexity index is 691. The van der Waals surface area contributed by atoms with Crippen LogP contribution in [0.3, 0.4) is 0 Å². The summed E-state index contributed by atoms with van der Waals surface area (Å²) in [6.07, 6.45) is 0.882. The number of hydrazone groups is 1. The van der Waals surface area contributed by atoms with E-state index in [2.05, 4.69) is 26.5 Å². The van der Waals surface area contributed by atoms with Crippen molar-refractivity contribution in [3.05, 3.63) is 63.6 Å². The van der Waals surface area contributed by atoms with Gasteiger partial charge in [0.05, 0.1) is 6.21 Å². The average molecular weight is 382 g/mol. The van der Waals surface area contributed by atoms with Crippen LogP contribution in [0.1, 0.15) is 12.5 Å². The SMILES string of the molecule is C[C@H](Oc1cccc(Cl)c1)C(=O)N/N=C\c1cccc(Br)c1. The Morgan fingerprint density at radius 3 is 2.82 bits per heavy atom. The third-order valence-corrected chi connectivity index (χ3v) is 3.44. The molecule has 0 spiro atoms. The van der Waals surface area contributed by atoms with Gasteiger partial charge >= 0.3 is 0 Å². The molecular weight excluding hydrogens is 368 g/mol. The van der Waals surface area contributed by atoms with Gasteiger partial charge in [-0.3, -0.25) is 4.79 Å². The zero-order chi connectivity index (χ0) is 15.9. The van der Waals surface area contributed by atoms with E-state index in [0.717, 1.165) is 10.0 Å². The monoisotopic (exact) mass is 380 g/mol. The summed E-state index contributed by atoms with van der Waals surface area (Å²) in [5, 5.41) is 4.46. The highest BCUT2D eigenvalue weighted by Gasteiger charge is 2.13. The van der Waals surface area contributed by atoms with Gasteiger partial charge in [-0.1, -0.05) is 45.7 Å². The van der Waals surface area contributed by atoms with E-state index in [1.165, 1.54) is 0 Å². The van der Waals surface area contributed by atoms with Crippen molar-refractivity contribution in [2.24, 2.45) is 5.10 Å². The third-order valence-electron chi connectivity index (χ3n) is 2.72. The van der Waals surface area contributed by atoms with E-state index in [9.17, 15) is 4.79 Å². The summed E-state index contributed by atoms with van der Waals surface area (Å²) in [7, 11) is 0. The minimum Gasteiger partial charge on any atom is -0.481 e. The fourth-order valence-electron chi connectivity index (χ4n) is 1.65.